The Kier molecular flexibility index (Phi) is 8.01. The van der Waals surface area contributed by atoms with E-state index in [2.05, 4.69) is 20.1 Å². The number of carboxylic acids is 1. The van der Waals surface area contributed by atoms with Gasteiger partial charge in [0.05, 0.1) is 23.9 Å². The molecule has 210 valence electrons. The third kappa shape index (κ3) is 6.31. The number of ether oxygens (including phenoxy) is 1. The van der Waals surface area contributed by atoms with Gasteiger partial charge in [0.25, 0.3) is 5.89 Å². The number of nitrogens with zero attached hydrogens (tertiary/aromatic N) is 5. The maximum atomic E-state index is 14.0. The number of hydrogen-bond acceptors (Lipinski definition) is 8. The number of carboxylic acid groups (broad SMARTS) is 1. The second kappa shape index (κ2) is 11.4. The molecular formula is C26H30F3N5O5. The van der Waals surface area contributed by atoms with Crippen LogP contribution in [0.3, 0.4) is 0 Å². The molecule has 2 N–H and O–H groups in total. The molecule has 13 heteroatoms. The highest BCUT2D eigenvalue weighted by Gasteiger charge is 2.41. The van der Waals surface area contributed by atoms with Crippen LogP contribution < -0.4 is 0 Å². The number of piperidine rings is 1. The molecule has 0 aliphatic carbocycles. The number of likely N-dealkylation sites (tertiary alicyclic amines) is 1. The van der Waals surface area contributed by atoms with Crippen molar-refractivity contribution in [1.29, 1.82) is 0 Å². The van der Waals surface area contributed by atoms with Crippen molar-refractivity contribution in [2.45, 2.75) is 50.4 Å². The lowest BCUT2D eigenvalue weighted by molar-refractivity contribution is -0.145. The van der Waals surface area contributed by atoms with Crippen LogP contribution in [0, 0.1) is 5.92 Å². The smallest absolute Gasteiger partial charge is 0.433 e. The summed E-state index contributed by atoms with van der Waals surface area (Å²) in [6.45, 7) is 2.53. The predicted octanol–water partition coefficient (Wildman–Crippen LogP) is 4.19. The summed E-state index contributed by atoms with van der Waals surface area (Å²) in [5, 5.41) is 27.7. The van der Waals surface area contributed by atoms with Gasteiger partial charge in [-0.05, 0) is 43.7 Å². The monoisotopic (exact) mass is 549 g/mol. The number of aliphatic hydroxyl groups is 1. The molecule has 5 rings (SSSR count). The number of rotatable bonds is 8. The highest BCUT2D eigenvalue weighted by molar-refractivity contribution is 5.67. The van der Waals surface area contributed by atoms with Crippen LogP contribution in [0.15, 0.2) is 35.0 Å². The largest absolute Gasteiger partial charge is 0.481 e. The summed E-state index contributed by atoms with van der Waals surface area (Å²) in [5.74, 6) is -0.906. The van der Waals surface area contributed by atoms with Crippen molar-refractivity contribution < 1.29 is 37.4 Å². The van der Waals surface area contributed by atoms with E-state index in [0.717, 1.165) is 30.3 Å². The quantitative estimate of drug-likeness (QED) is 0.425. The van der Waals surface area contributed by atoms with Gasteiger partial charge in [-0.2, -0.15) is 23.3 Å². The molecule has 2 aliphatic rings. The second-order valence-electron chi connectivity index (χ2n) is 10.1. The van der Waals surface area contributed by atoms with Crippen LogP contribution in [0.2, 0.25) is 0 Å². The van der Waals surface area contributed by atoms with Crippen molar-refractivity contribution in [1.82, 2.24) is 24.8 Å². The fourth-order valence-corrected chi connectivity index (χ4v) is 5.39. The van der Waals surface area contributed by atoms with E-state index in [1.165, 1.54) is 0 Å². The van der Waals surface area contributed by atoms with E-state index >= 15 is 0 Å². The van der Waals surface area contributed by atoms with Crippen LogP contribution >= 0.6 is 0 Å². The second-order valence-corrected chi connectivity index (χ2v) is 10.1. The van der Waals surface area contributed by atoms with Crippen molar-refractivity contribution in [3.05, 3.63) is 41.7 Å². The molecule has 0 radical (unpaired) electrons. The summed E-state index contributed by atoms with van der Waals surface area (Å²) in [7, 11) is 0. The minimum absolute atomic E-state index is 0.0694. The molecule has 0 amide bonds. The van der Waals surface area contributed by atoms with E-state index in [0.29, 0.717) is 50.3 Å². The first-order valence-electron chi connectivity index (χ1n) is 13.0. The lowest BCUT2D eigenvalue weighted by atomic mass is 9.94. The summed E-state index contributed by atoms with van der Waals surface area (Å²) in [6, 6.07) is 6.33. The summed E-state index contributed by atoms with van der Waals surface area (Å²) < 4.78 is 53.6. The first-order valence-corrected chi connectivity index (χ1v) is 13.0. The molecule has 2 aliphatic heterocycles. The molecule has 0 bridgehead atoms. The van der Waals surface area contributed by atoms with Gasteiger partial charge in [-0.25, -0.2) is 0 Å². The Balaban J connectivity index is 1.29. The standard InChI is InChI=1S/C26H30F3N5O5/c27-26(28,29)23-20(13-30-34(23)19-7-10-38-11-8-19)25-31-24(32-39-25)18-5-3-17(4-6-18)21(35)15-33-9-1-2-16(14-33)12-22(36)37/h3-6,13,16,19,21,35H,1-2,7-12,14-15H2,(H,36,37). The van der Waals surface area contributed by atoms with Gasteiger partial charge in [0.1, 0.15) is 0 Å². The predicted molar refractivity (Wildman–Crippen MR) is 131 cm³/mol. The van der Waals surface area contributed by atoms with Crippen LogP contribution in [-0.2, 0) is 15.7 Å². The third-order valence-corrected chi connectivity index (χ3v) is 7.31. The van der Waals surface area contributed by atoms with E-state index in [-0.39, 0.29) is 29.6 Å². The molecule has 4 heterocycles. The summed E-state index contributed by atoms with van der Waals surface area (Å²) >= 11 is 0. The number of benzene rings is 1. The first-order chi connectivity index (χ1) is 18.7. The van der Waals surface area contributed by atoms with Gasteiger partial charge in [-0.1, -0.05) is 29.4 Å². The van der Waals surface area contributed by atoms with Crippen molar-refractivity contribution in [3.63, 3.8) is 0 Å². The molecule has 1 aromatic carbocycles. The van der Waals surface area contributed by atoms with Crippen molar-refractivity contribution >= 4 is 5.97 Å². The number of aliphatic carboxylic acids is 1. The average molecular weight is 550 g/mol. The minimum Gasteiger partial charge on any atom is -0.481 e. The molecule has 2 saturated heterocycles. The molecule has 2 atom stereocenters. The molecule has 10 nitrogen and oxygen atoms in total. The Labute approximate surface area is 222 Å². The Morgan fingerprint density at radius 2 is 1.90 bits per heavy atom. The lowest BCUT2D eigenvalue weighted by Gasteiger charge is -2.33. The van der Waals surface area contributed by atoms with Crippen LogP contribution in [0.5, 0.6) is 0 Å². The zero-order chi connectivity index (χ0) is 27.6. The van der Waals surface area contributed by atoms with Crippen molar-refractivity contribution in [3.8, 4) is 22.8 Å². The Bertz CT molecular complexity index is 1270. The SMILES string of the molecule is O=C(O)CC1CCCN(CC(O)c2ccc(-c3noc(-c4cnn(C5CCOCC5)c4C(F)(F)F)n3)cc2)C1. The Morgan fingerprint density at radius 1 is 1.15 bits per heavy atom. The number of halogens is 3. The number of aliphatic hydroxyl groups excluding tert-OH is 1. The van der Waals surface area contributed by atoms with Crippen LogP contribution in [-0.4, -0.2) is 73.9 Å². The third-order valence-electron chi connectivity index (χ3n) is 7.31. The van der Waals surface area contributed by atoms with E-state index < -0.39 is 30.0 Å². The molecule has 0 saturated carbocycles. The van der Waals surface area contributed by atoms with Gasteiger partial charge >= 0.3 is 12.1 Å². The van der Waals surface area contributed by atoms with Gasteiger partial charge in [0.2, 0.25) is 5.82 Å². The van der Waals surface area contributed by atoms with Gasteiger partial charge in [-0.15, -0.1) is 0 Å². The van der Waals surface area contributed by atoms with E-state index in [1.54, 1.807) is 24.3 Å². The van der Waals surface area contributed by atoms with Gasteiger partial charge in [0, 0.05) is 38.3 Å². The first kappa shape index (κ1) is 27.3. The normalized spacial score (nSPS) is 20.3. The van der Waals surface area contributed by atoms with Gasteiger partial charge in [-0.3, -0.25) is 9.48 Å². The number of aromatic nitrogens is 4. The average Bonchev–Trinajstić information content (AvgIpc) is 3.57. The fraction of sp³-hybridized carbons (Fsp3) is 0.538. The maximum Gasteiger partial charge on any atom is 0.433 e. The van der Waals surface area contributed by atoms with Gasteiger partial charge < -0.3 is 24.4 Å². The number of β-amino-alcohol motifs (C(OH)–C–C–N with tert-alkyl or cyclic N) is 1. The van der Waals surface area contributed by atoms with Gasteiger partial charge in [0.15, 0.2) is 5.69 Å². The molecule has 2 aromatic heterocycles. The zero-order valence-electron chi connectivity index (χ0n) is 21.2. The van der Waals surface area contributed by atoms with E-state index in [9.17, 15) is 23.1 Å². The molecule has 0 spiro atoms. The Hall–Kier alpha value is -3.29. The van der Waals surface area contributed by atoms with Crippen LogP contribution in [0.1, 0.15) is 55.5 Å². The zero-order valence-corrected chi connectivity index (χ0v) is 21.2. The van der Waals surface area contributed by atoms with Crippen molar-refractivity contribution in [2.24, 2.45) is 5.92 Å². The summed E-state index contributed by atoms with van der Waals surface area (Å²) in [6.07, 6.45) is -1.62. The summed E-state index contributed by atoms with van der Waals surface area (Å²) in [4.78, 5) is 17.3. The lowest BCUT2D eigenvalue weighted by Crippen LogP contribution is -2.38. The molecule has 3 aromatic rings. The highest BCUT2D eigenvalue weighted by Crippen LogP contribution is 2.39. The van der Waals surface area contributed by atoms with E-state index in [4.69, 9.17) is 14.4 Å². The highest BCUT2D eigenvalue weighted by atomic mass is 19.4. The fourth-order valence-electron chi connectivity index (χ4n) is 5.39. The molecule has 39 heavy (non-hydrogen) atoms. The van der Waals surface area contributed by atoms with Crippen LogP contribution in [0.4, 0.5) is 13.2 Å². The topological polar surface area (TPSA) is 127 Å². The number of alkyl halides is 3. The van der Waals surface area contributed by atoms with E-state index in [1.807, 2.05) is 0 Å². The number of hydrogen-bond donors (Lipinski definition) is 2. The number of carbonyl (C=O) groups is 1. The molecule has 2 unspecified atom stereocenters. The minimum atomic E-state index is -4.67. The summed E-state index contributed by atoms with van der Waals surface area (Å²) in [5.41, 5.74) is -0.0281. The Morgan fingerprint density at radius 3 is 2.59 bits per heavy atom. The molecule has 2 fully saturated rings. The molecular weight excluding hydrogens is 519 g/mol. The van der Waals surface area contributed by atoms with Crippen molar-refractivity contribution in [2.75, 3.05) is 32.8 Å². The maximum absolute atomic E-state index is 14.0. The van der Waals surface area contributed by atoms with Crippen LogP contribution in [0.25, 0.3) is 22.8 Å².